The van der Waals surface area contributed by atoms with E-state index >= 15 is 0 Å². The first-order valence-electron chi connectivity index (χ1n) is 12.8. The molecule has 1 amide bonds. The van der Waals surface area contributed by atoms with Gasteiger partial charge in [-0.3, -0.25) is 4.79 Å². The van der Waals surface area contributed by atoms with Gasteiger partial charge in [0.15, 0.2) is 5.13 Å². The number of hydrogen-bond acceptors (Lipinski definition) is 9. The third-order valence-corrected chi connectivity index (χ3v) is 8.03. The maximum atomic E-state index is 13.5. The number of thiazole rings is 1. The third kappa shape index (κ3) is 5.58. The largest absolute Gasteiger partial charge is 0.348 e. The number of nitrogens with zero attached hydrogens (tertiary/aromatic N) is 6. The second-order valence-electron chi connectivity index (χ2n) is 9.93. The molecule has 2 aliphatic heterocycles. The molecule has 0 saturated carbocycles. The molecule has 2 aromatic heterocycles. The molecule has 2 N–H and O–H groups in total. The fourth-order valence-corrected chi connectivity index (χ4v) is 5.62. The van der Waals surface area contributed by atoms with Crippen LogP contribution in [0.5, 0.6) is 0 Å². The predicted molar refractivity (Wildman–Crippen MR) is 145 cm³/mol. The Morgan fingerprint density at radius 1 is 1.11 bits per heavy atom. The van der Waals surface area contributed by atoms with Gasteiger partial charge in [0.25, 0.3) is 5.91 Å². The van der Waals surface area contributed by atoms with Crippen molar-refractivity contribution in [3.8, 4) is 6.07 Å². The lowest BCUT2D eigenvalue weighted by molar-refractivity contribution is 0.0911. The zero-order valence-corrected chi connectivity index (χ0v) is 22.3. The van der Waals surface area contributed by atoms with E-state index in [1.165, 1.54) is 28.7 Å². The van der Waals surface area contributed by atoms with Crippen LogP contribution in [0, 0.1) is 25.2 Å². The Morgan fingerprint density at radius 3 is 2.57 bits per heavy atom. The summed E-state index contributed by atoms with van der Waals surface area (Å²) in [6.07, 6.45) is 5.39. The fourth-order valence-electron chi connectivity index (χ4n) is 5.01. The number of amides is 1. The van der Waals surface area contributed by atoms with Gasteiger partial charge in [-0.05, 0) is 65.2 Å². The highest BCUT2D eigenvalue weighted by Crippen LogP contribution is 2.36. The molecule has 0 spiro atoms. The highest BCUT2D eigenvalue weighted by Gasteiger charge is 2.31. The summed E-state index contributed by atoms with van der Waals surface area (Å²) in [6.45, 7) is 6.68. The van der Waals surface area contributed by atoms with Gasteiger partial charge in [0.2, 0.25) is 5.95 Å². The number of rotatable bonds is 6. The SMILES string of the molecule is Cc1ccc([C@@H]2CCCN2c2nc(Nc3ncc(C#N)s3)c(C)c(C(=O)NC3CCN(C)CC3)n2)cc1. The summed E-state index contributed by atoms with van der Waals surface area (Å²) in [5.41, 5.74) is 3.48. The molecular formula is C27H32N8OS. The molecule has 2 saturated heterocycles. The Morgan fingerprint density at radius 2 is 1.86 bits per heavy atom. The van der Waals surface area contributed by atoms with Crippen molar-refractivity contribution in [1.82, 2.24) is 25.2 Å². The van der Waals surface area contributed by atoms with Crippen LogP contribution in [0.25, 0.3) is 0 Å². The van der Waals surface area contributed by atoms with Crippen LogP contribution in [0.15, 0.2) is 30.5 Å². The zero-order chi connectivity index (χ0) is 25.9. The lowest BCUT2D eigenvalue weighted by atomic mass is 10.0. The molecule has 0 unspecified atom stereocenters. The lowest BCUT2D eigenvalue weighted by Gasteiger charge is -2.30. The maximum absolute atomic E-state index is 13.5. The third-order valence-electron chi connectivity index (χ3n) is 7.22. The van der Waals surface area contributed by atoms with Crippen molar-refractivity contribution in [3.63, 3.8) is 0 Å². The number of aromatic nitrogens is 3. The molecular weight excluding hydrogens is 484 g/mol. The molecule has 0 bridgehead atoms. The monoisotopic (exact) mass is 516 g/mol. The van der Waals surface area contributed by atoms with Crippen molar-refractivity contribution in [1.29, 1.82) is 5.26 Å². The first-order chi connectivity index (χ1) is 17.9. The molecule has 1 atom stereocenters. The smallest absolute Gasteiger partial charge is 0.270 e. The highest BCUT2D eigenvalue weighted by molar-refractivity contribution is 7.16. The average Bonchev–Trinajstić information content (AvgIpc) is 3.57. The summed E-state index contributed by atoms with van der Waals surface area (Å²) < 4.78 is 0. The minimum Gasteiger partial charge on any atom is -0.348 e. The number of benzene rings is 1. The molecule has 192 valence electrons. The zero-order valence-electron chi connectivity index (χ0n) is 21.5. The minimum atomic E-state index is -0.179. The number of anilines is 3. The quantitative estimate of drug-likeness (QED) is 0.498. The van der Waals surface area contributed by atoms with Crippen molar-refractivity contribution in [2.45, 2.75) is 51.6 Å². The van der Waals surface area contributed by atoms with Gasteiger partial charge in [-0.2, -0.15) is 10.2 Å². The molecule has 0 aliphatic carbocycles. The maximum Gasteiger partial charge on any atom is 0.270 e. The van der Waals surface area contributed by atoms with Crippen molar-refractivity contribution >= 4 is 34.1 Å². The summed E-state index contributed by atoms with van der Waals surface area (Å²) in [7, 11) is 2.10. The molecule has 0 radical (unpaired) electrons. The van der Waals surface area contributed by atoms with Gasteiger partial charge in [-0.1, -0.05) is 41.2 Å². The summed E-state index contributed by atoms with van der Waals surface area (Å²) in [4.78, 5) is 32.5. The van der Waals surface area contributed by atoms with Gasteiger partial charge in [0.05, 0.1) is 12.2 Å². The fraction of sp³-hybridized carbons (Fsp3) is 0.444. The second kappa shape index (κ2) is 10.8. The molecule has 37 heavy (non-hydrogen) atoms. The molecule has 2 aliphatic rings. The molecule has 4 heterocycles. The second-order valence-corrected chi connectivity index (χ2v) is 11.0. The number of piperidine rings is 1. The van der Waals surface area contributed by atoms with Crippen LogP contribution in [0.3, 0.4) is 0 Å². The summed E-state index contributed by atoms with van der Waals surface area (Å²) in [5, 5.41) is 16.2. The van der Waals surface area contributed by atoms with E-state index < -0.39 is 0 Å². The van der Waals surface area contributed by atoms with Crippen LogP contribution >= 0.6 is 11.3 Å². The van der Waals surface area contributed by atoms with Gasteiger partial charge in [-0.25, -0.2) is 9.97 Å². The van der Waals surface area contributed by atoms with E-state index in [9.17, 15) is 10.1 Å². The number of hydrogen-bond donors (Lipinski definition) is 2. The van der Waals surface area contributed by atoms with E-state index in [0.29, 0.717) is 33.0 Å². The van der Waals surface area contributed by atoms with Gasteiger partial charge in [-0.15, -0.1) is 0 Å². The number of carbonyl (C=O) groups excluding carboxylic acids is 1. The molecule has 1 aromatic carbocycles. The van der Waals surface area contributed by atoms with Crippen LogP contribution in [0.1, 0.15) is 63.8 Å². The van der Waals surface area contributed by atoms with Gasteiger partial charge in [0, 0.05) is 18.2 Å². The number of likely N-dealkylation sites (tertiary alicyclic amines) is 1. The Hall–Kier alpha value is -3.55. The molecule has 2 fully saturated rings. The van der Waals surface area contributed by atoms with E-state index in [1.54, 1.807) is 0 Å². The van der Waals surface area contributed by atoms with Crippen molar-refractivity contribution in [2.24, 2.45) is 0 Å². The van der Waals surface area contributed by atoms with E-state index in [1.807, 2.05) is 6.92 Å². The number of carbonyl (C=O) groups is 1. The van der Waals surface area contributed by atoms with Crippen molar-refractivity contribution in [3.05, 3.63) is 57.7 Å². The minimum absolute atomic E-state index is 0.127. The first-order valence-corrected chi connectivity index (χ1v) is 13.6. The average molecular weight is 517 g/mol. The highest BCUT2D eigenvalue weighted by atomic mass is 32.1. The normalized spacial score (nSPS) is 18.5. The van der Waals surface area contributed by atoms with Gasteiger partial charge >= 0.3 is 0 Å². The molecule has 3 aromatic rings. The number of nitriles is 1. The summed E-state index contributed by atoms with van der Waals surface area (Å²) in [5.74, 6) is 0.885. The van der Waals surface area contributed by atoms with E-state index in [-0.39, 0.29) is 18.0 Å². The number of aryl methyl sites for hydroxylation is 1. The Kier molecular flexibility index (Phi) is 7.35. The Bertz CT molecular complexity index is 1310. The standard InChI is InChI=1S/C27H32N8OS/c1-17-6-8-19(9-7-17)22-5-4-12-35(22)26-31-23(25(36)30-20-10-13-34(3)14-11-20)18(2)24(32-26)33-27-29-16-21(15-28)37-27/h6-9,16,20,22H,4-5,10-14H2,1-3H3,(H,30,36)(H,29,31,32,33)/t22-/m0/s1. The van der Waals surface area contributed by atoms with E-state index in [0.717, 1.165) is 45.3 Å². The predicted octanol–water partition coefficient (Wildman–Crippen LogP) is 4.33. The molecule has 9 nitrogen and oxygen atoms in total. The van der Waals surface area contributed by atoms with E-state index in [2.05, 4.69) is 69.7 Å². The van der Waals surface area contributed by atoms with Gasteiger partial charge < -0.3 is 20.4 Å². The summed E-state index contributed by atoms with van der Waals surface area (Å²) >= 11 is 1.25. The van der Waals surface area contributed by atoms with Gasteiger partial charge in [0.1, 0.15) is 22.5 Å². The van der Waals surface area contributed by atoms with Crippen LogP contribution in [0.2, 0.25) is 0 Å². The molecule has 5 rings (SSSR count). The van der Waals surface area contributed by atoms with Crippen molar-refractivity contribution < 1.29 is 4.79 Å². The first kappa shape index (κ1) is 25.1. The van der Waals surface area contributed by atoms with Crippen LogP contribution < -0.4 is 15.5 Å². The van der Waals surface area contributed by atoms with Crippen molar-refractivity contribution in [2.75, 3.05) is 36.9 Å². The molecule has 10 heteroatoms. The number of nitrogens with one attached hydrogen (secondary N) is 2. The van der Waals surface area contributed by atoms with Crippen LogP contribution in [-0.2, 0) is 0 Å². The Labute approximate surface area is 221 Å². The summed E-state index contributed by atoms with van der Waals surface area (Å²) in [6, 6.07) is 11.0. The lowest BCUT2D eigenvalue weighted by Crippen LogP contribution is -2.43. The topological polar surface area (TPSA) is 110 Å². The van der Waals surface area contributed by atoms with Crippen LogP contribution in [0.4, 0.5) is 16.9 Å². The Balaban J connectivity index is 1.49. The van der Waals surface area contributed by atoms with Crippen LogP contribution in [-0.4, -0.2) is 58.5 Å². The van der Waals surface area contributed by atoms with E-state index in [4.69, 9.17) is 9.97 Å².